The van der Waals surface area contributed by atoms with Gasteiger partial charge < -0.3 is 30.2 Å². The lowest BCUT2D eigenvalue weighted by Crippen LogP contribution is -2.50. The Morgan fingerprint density at radius 3 is 2.88 bits per heavy atom. The highest BCUT2D eigenvalue weighted by Crippen LogP contribution is 2.52. The van der Waals surface area contributed by atoms with E-state index in [0.717, 1.165) is 37.0 Å². The van der Waals surface area contributed by atoms with Crippen LogP contribution in [0.15, 0.2) is 12.1 Å². The largest absolute Gasteiger partial charge is 0.489 e. The van der Waals surface area contributed by atoms with E-state index in [1.165, 1.54) is 12.1 Å². The van der Waals surface area contributed by atoms with Crippen LogP contribution in [0.3, 0.4) is 0 Å². The fourth-order valence-electron chi connectivity index (χ4n) is 6.82. The van der Waals surface area contributed by atoms with Gasteiger partial charge in [-0.3, -0.25) is 0 Å². The van der Waals surface area contributed by atoms with Gasteiger partial charge in [0.25, 0.3) is 0 Å². The van der Waals surface area contributed by atoms with E-state index in [2.05, 4.69) is 20.2 Å². The molecule has 2 atom stereocenters. The molecule has 41 heavy (non-hydrogen) atoms. The van der Waals surface area contributed by atoms with Gasteiger partial charge in [-0.15, -0.1) is 0 Å². The van der Waals surface area contributed by atoms with Crippen molar-refractivity contribution in [2.75, 3.05) is 44.0 Å². The summed E-state index contributed by atoms with van der Waals surface area (Å²) in [5.41, 5.74) is 6.46. The molecule has 4 aliphatic heterocycles. The fraction of sp³-hybridized carbons (Fsp3) is 0.464. The Balaban J connectivity index is 1.33. The van der Waals surface area contributed by atoms with Crippen LogP contribution in [0.25, 0.3) is 32.2 Å². The van der Waals surface area contributed by atoms with Crippen LogP contribution in [0.5, 0.6) is 11.8 Å². The molecule has 5 aliphatic rings. The van der Waals surface area contributed by atoms with E-state index in [-0.39, 0.29) is 48.9 Å². The first-order valence-electron chi connectivity index (χ1n) is 13.7. The first-order chi connectivity index (χ1) is 19.8. The number of hydrogen-bond donors (Lipinski definition) is 2. The van der Waals surface area contributed by atoms with Gasteiger partial charge in [-0.05, 0) is 44.9 Å². The molecule has 6 heterocycles. The first-order valence-corrected chi connectivity index (χ1v) is 14.9. The summed E-state index contributed by atoms with van der Waals surface area (Å²) in [6.45, 7) is 2.06. The maximum atomic E-state index is 16.8. The second kappa shape index (κ2) is 9.22. The van der Waals surface area contributed by atoms with E-state index in [4.69, 9.17) is 36.5 Å². The number of nitrogens with one attached hydrogen (secondary N) is 1. The van der Waals surface area contributed by atoms with Gasteiger partial charge in [-0.1, -0.05) is 22.9 Å². The molecule has 1 saturated carbocycles. The van der Waals surface area contributed by atoms with Crippen LogP contribution in [-0.4, -0.2) is 66.6 Å². The highest BCUT2D eigenvalue weighted by atomic mass is 35.5. The summed E-state index contributed by atoms with van der Waals surface area (Å²) >= 11 is 7.97. The van der Waals surface area contributed by atoms with Gasteiger partial charge >= 0.3 is 6.01 Å². The Kier molecular flexibility index (Phi) is 5.76. The Morgan fingerprint density at radius 1 is 1.24 bits per heavy atom. The van der Waals surface area contributed by atoms with Gasteiger partial charge in [0.2, 0.25) is 0 Å². The number of halogens is 3. The van der Waals surface area contributed by atoms with E-state index in [1.807, 2.05) is 7.05 Å². The molecule has 2 aromatic carbocycles. The van der Waals surface area contributed by atoms with E-state index < -0.39 is 11.6 Å². The summed E-state index contributed by atoms with van der Waals surface area (Å²) in [4.78, 5) is 15.9. The van der Waals surface area contributed by atoms with Crippen molar-refractivity contribution >= 4 is 55.0 Å². The van der Waals surface area contributed by atoms with Crippen LogP contribution in [0.1, 0.15) is 25.7 Å². The molecule has 0 radical (unpaired) electrons. The smallest absolute Gasteiger partial charge is 0.319 e. The summed E-state index contributed by atoms with van der Waals surface area (Å²) < 4.78 is 49.9. The number of hydrogen-bond acceptors (Lipinski definition) is 10. The van der Waals surface area contributed by atoms with Crippen molar-refractivity contribution in [2.45, 2.75) is 43.9 Å². The standard InChI is InChI=1S/C28H27ClF2N6O3S/c1-33-12-4-5-37-13(6-12)9-38-23-18-22(35-27(36-25(18)37)40-11-28-7-14(8-28)39-10-28)20(31)17(19(23)29)15-2-3-16(30)24-21(15)34-26(32)41-24/h2-3,12-14,33H,4-11H2,1H3,(H2,32,34). The maximum Gasteiger partial charge on any atom is 0.319 e. The molecule has 4 aromatic rings. The Hall–Kier alpha value is -3.06. The minimum atomic E-state index is -0.681. The Bertz CT molecular complexity index is 1730. The van der Waals surface area contributed by atoms with E-state index in [1.54, 1.807) is 0 Å². The number of nitrogens with zero attached hydrogens (tertiary/aromatic N) is 4. The molecule has 3 N–H and O–H groups in total. The molecule has 2 bridgehead atoms. The lowest BCUT2D eigenvalue weighted by atomic mass is 9.71. The summed E-state index contributed by atoms with van der Waals surface area (Å²) in [6.07, 6.45) is 3.88. The highest BCUT2D eigenvalue weighted by molar-refractivity contribution is 7.22. The van der Waals surface area contributed by atoms with Gasteiger partial charge in [-0.2, -0.15) is 9.97 Å². The zero-order chi connectivity index (χ0) is 28.0. The van der Waals surface area contributed by atoms with Crippen molar-refractivity contribution in [3.05, 3.63) is 28.8 Å². The normalized spacial score (nSPS) is 26.5. The molecule has 9 rings (SSSR count). The van der Waals surface area contributed by atoms with Crippen molar-refractivity contribution in [3.63, 3.8) is 0 Å². The third-order valence-electron chi connectivity index (χ3n) is 8.99. The molecular formula is C28H27ClF2N6O3S. The number of nitrogen functional groups attached to an aromatic ring is 1. The van der Waals surface area contributed by atoms with Crippen molar-refractivity contribution in [1.82, 2.24) is 20.3 Å². The predicted octanol–water partition coefficient (Wildman–Crippen LogP) is 4.93. The Morgan fingerprint density at radius 2 is 2.10 bits per heavy atom. The zero-order valence-corrected chi connectivity index (χ0v) is 23.7. The van der Waals surface area contributed by atoms with Gasteiger partial charge in [0, 0.05) is 29.1 Å². The number of benzene rings is 2. The van der Waals surface area contributed by atoms with Crippen LogP contribution >= 0.6 is 22.9 Å². The number of nitrogens with two attached hydrogens (primary N) is 1. The predicted molar refractivity (Wildman–Crippen MR) is 153 cm³/mol. The zero-order valence-electron chi connectivity index (χ0n) is 22.2. The van der Waals surface area contributed by atoms with E-state index in [9.17, 15) is 4.39 Å². The summed E-state index contributed by atoms with van der Waals surface area (Å²) in [6, 6.07) is 3.11. The Labute approximate surface area is 242 Å². The molecule has 3 saturated heterocycles. The SMILES string of the molecule is CNC1CCN2c3nc(OCC45COC(C4)C5)nc4c(F)c(-c5ccc(F)c6sc(N)nc56)c(Cl)c(c34)OCC2C1. The number of aromatic nitrogens is 3. The van der Waals surface area contributed by atoms with Crippen LogP contribution < -0.4 is 25.4 Å². The van der Waals surface area contributed by atoms with Crippen LogP contribution in [0.2, 0.25) is 5.02 Å². The number of rotatable bonds is 5. The van der Waals surface area contributed by atoms with Crippen molar-refractivity contribution < 1.29 is 23.0 Å². The molecule has 9 nitrogen and oxygen atoms in total. The molecule has 1 aliphatic carbocycles. The molecule has 4 fully saturated rings. The van der Waals surface area contributed by atoms with Crippen LogP contribution in [0, 0.1) is 17.0 Å². The number of anilines is 2. The minimum Gasteiger partial charge on any atom is -0.489 e. The fourth-order valence-corrected chi connectivity index (χ4v) is 7.91. The highest BCUT2D eigenvalue weighted by Gasteiger charge is 2.52. The number of piperidine rings is 1. The summed E-state index contributed by atoms with van der Waals surface area (Å²) in [5.74, 6) is -0.340. The van der Waals surface area contributed by atoms with Gasteiger partial charge in [0.15, 0.2) is 16.7 Å². The van der Waals surface area contributed by atoms with Crippen LogP contribution in [-0.2, 0) is 4.74 Å². The van der Waals surface area contributed by atoms with Crippen molar-refractivity contribution in [1.29, 1.82) is 0 Å². The molecule has 214 valence electrons. The lowest BCUT2D eigenvalue weighted by molar-refractivity contribution is 0.0785. The quantitative estimate of drug-likeness (QED) is 0.330. The monoisotopic (exact) mass is 600 g/mol. The number of fused-ring (bicyclic) bond motifs is 4. The van der Waals surface area contributed by atoms with Gasteiger partial charge in [0.05, 0.1) is 46.0 Å². The van der Waals surface area contributed by atoms with E-state index >= 15 is 4.39 Å². The molecule has 2 aromatic heterocycles. The second-order valence-electron chi connectivity index (χ2n) is 11.5. The average Bonchev–Trinajstić information content (AvgIpc) is 3.64. The molecule has 2 unspecified atom stereocenters. The van der Waals surface area contributed by atoms with Gasteiger partial charge in [-0.25, -0.2) is 13.8 Å². The maximum absolute atomic E-state index is 16.8. The number of ether oxygens (including phenoxy) is 3. The molecule has 0 spiro atoms. The third kappa shape index (κ3) is 3.87. The average molecular weight is 601 g/mol. The van der Waals surface area contributed by atoms with Crippen LogP contribution in [0.4, 0.5) is 19.7 Å². The third-order valence-corrected chi connectivity index (χ3v) is 10.2. The first kappa shape index (κ1) is 25.6. The molecule has 13 heteroatoms. The topological polar surface area (TPSA) is 108 Å². The summed E-state index contributed by atoms with van der Waals surface area (Å²) in [5, 5.41) is 3.99. The summed E-state index contributed by atoms with van der Waals surface area (Å²) in [7, 11) is 1.95. The second-order valence-corrected chi connectivity index (χ2v) is 12.9. The minimum absolute atomic E-state index is 0.0211. The van der Waals surface area contributed by atoms with Crippen molar-refractivity contribution in [3.8, 4) is 22.9 Å². The molecule has 0 amide bonds. The number of thiazole rings is 1. The molecular weight excluding hydrogens is 574 g/mol. The van der Waals surface area contributed by atoms with Gasteiger partial charge in [0.1, 0.15) is 23.8 Å². The van der Waals surface area contributed by atoms with E-state index in [0.29, 0.717) is 61.0 Å². The van der Waals surface area contributed by atoms with Crippen molar-refractivity contribution in [2.24, 2.45) is 5.41 Å². The lowest BCUT2D eigenvalue weighted by Gasteiger charge is -2.39.